The van der Waals surface area contributed by atoms with E-state index >= 15 is 0 Å². The minimum atomic E-state index is -3.40. The number of rotatable bonds is 4. The van der Waals surface area contributed by atoms with Crippen molar-refractivity contribution in [1.82, 2.24) is 4.72 Å². The Kier molecular flexibility index (Phi) is 4.12. The number of nitrogens with one attached hydrogen (secondary N) is 2. The molecule has 0 radical (unpaired) electrons. The zero-order valence-electron chi connectivity index (χ0n) is 12.7. The van der Waals surface area contributed by atoms with Gasteiger partial charge in [0, 0.05) is 11.7 Å². The fourth-order valence-corrected chi connectivity index (χ4v) is 3.88. The molecule has 1 fully saturated rings. The van der Waals surface area contributed by atoms with E-state index < -0.39 is 10.0 Å². The van der Waals surface area contributed by atoms with E-state index in [1.165, 1.54) is 19.9 Å². The van der Waals surface area contributed by atoms with Crippen LogP contribution in [0.5, 0.6) is 0 Å². The van der Waals surface area contributed by atoms with Crippen LogP contribution in [0.15, 0.2) is 23.1 Å². The molecule has 1 aromatic rings. The van der Waals surface area contributed by atoms with Crippen LogP contribution < -0.4 is 10.0 Å². The van der Waals surface area contributed by atoms with Gasteiger partial charge in [0.1, 0.15) is 0 Å². The highest BCUT2D eigenvalue weighted by atomic mass is 32.2. The lowest BCUT2D eigenvalue weighted by molar-refractivity contribution is 0.350. The van der Waals surface area contributed by atoms with Crippen LogP contribution in [-0.2, 0) is 10.0 Å². The van der Waals surface area contributed by atoms with Gasteiger partial charge in [0.2, 0.25) is 10.0 Å². The number of sulfonamides is 1. The highest BCUT2D eigenvalue weighted by Crippen LogP contribution is 2.39. The molecular formula is C15H24N2O2S. The Morgan fingerprint density at radius 2 is 2.00 bits per heavy atom. The Morgan fingerprint density at radius 3 is 2.55 bits per heavy atom. The summed E-state index contributed by atoms with van der Waals surface area (Å²) in [6.07, 6.45) is 3.56. The third-order valence-corrected chi connectivity index (χ3v) is 5.90. The second-order valence-electron chi connectivity index (χ2n) is 6.27. The van der Waals surface area contributed by atoms with Gasteiger partial charge in [-0.1, -0.05) is 26.3 Å². The lowest BCUT2D eigenvalue weighted by Gasteiger charge is -2.29. The molecule has 0 bridgehead atoms. The molecule has 0 spiro atoms. The predicted molar refractivity (Wildman–Crippen MR) is 82.5 cm³/mol. The molecule has 4 nitrogen and oxygen atoms in total. The van der Waals surface area contributed by atoms with Gasteiger partial charge in [0.05, 0.1) is 4.90 Å². The summed E-state index contributed by atoms with van der Waals surface area (Å²) in [5.74, 6) is 0. The third-order valence-electron chi connectivity index (χ3n) is 4.34. The number of aryl methyl sites for hydroxylation is 1. The lowest BCUT2D eigenvalue weighted by Crippen LogP contribution is -2.31. The van der Waals surface area contributed by atoms with Crippen molar-refractivity contribution in [3.05, 3.63) is 23.8 Å². The monoisotopic (exact) mass is 296 g/mol. The van der Waals surface area contributed by atoms with Gasteiger partial charge in [-0.2, -0.15) is 0 Å². The van der Waals surface area contributed by atoms with Crippen molar-refractivity contribution in [3.63, 3.8) is 0 Å². The maximum Gasteiger partial charge on any atom is 0.240 e. The molecule has 0 heterocycles. The van der Waals surface area contributed by atoms with E-state index in [0.29, 0.717) is 10.9 Å². The Balaban J connectivity index is 2.29. The number of hydrogen-bond donors (Lipinski definition) is 2. The van der Waals surface area contributed by atoms with E-state index in [4.69, 9.17) is 0 Å². The van der Waals surface area contributed by atoms with E-state index in [2.05, 4.69) is 23.9 Å². The molecule has 2 rings (SSSR count). The average Bonchev–Trinajstić information content (AvgIpc) is 2.71. The minimum absolute atomic E-state index is 0.257. The Morgan fingerprint density at radius 1 is 1.30 bits per heavy atom. The summed E-state index contributed by atoms with van der Waals surface area (Å²) in [5.41, 5.74) is 1.90. The third kappa shape index (κ3) is 2.99. The Bertz CT molecular complexity index is 594. The molecule has 1 unspecified atom stereocenters. The van der Waals surface area contributed by atoms with Gasteiger partial charge < -0.3 is 5.32 Å². The number of benzene rings is 1. The molecular weight excluding hydrogens is 272 g/mol. The maximum atomic E-state index is 12.0. The van der Waals surface area contributed by atoms with Crippen LogP contribution in [0.2, 0.25) is 0 Å². The van der Waals surface area contributed by atoms with Crippen molar-refractivity contribution < 1.29 is 8.42 Å². The first-order valence-electron chi connectivity index (χ1n) is 7.07. The van der Waals surface area contributed by atoms with E-state index in [1.807, 2.05) is 19.1 Å². The first kappa shape index (κ1) is 15.3. The summed E-state index contributed by atoms with van der Waals surface area (Å²) in [6.45, 7) is 6.34. The zero-order chi connectivity index (χ0) is 15.0. The van der Waals surface area contributed by atoms with E-state index in [0.717, 1.165) is 17.7 Å². The van der Waals surface area contributed by atoms with Crippen LogP contribution in [0.25, 0.3) is 0 Å². The summed E-state index contributed by atoms with van der Waals surface area (Å²) in [6, 6.07) is 5.94. The topological polar surface area (TPSA) is 58.2 Å². The Hall–Kier alpha value is -1.07. The smallest absolute Gasteiger partial charge is 0.240 e. The quantitative estimate of drug-likeness (QED) is 0.898. The van der Waals surface area contributed by atoms with Gasteiger partial charge in [0.25, 0.3) is 0 Å². The molecule has 2 N–H and O–H groups in total. The molecule has 1 saturated carbocycles. The molecule has 1 aliphatic rings. The first-order valence-corrected chi connectivity index (χ1v) is 8.55. The molecule has 1 aliphatic carbocycles. The molecule has 1 atom stereocenters. The molecule has 5 heteroatoms. The largest absolute Gasteiger partial charge is 0.382 e. The Labute approximate surface area is 122 Å². The van der Waals surface area contributed by atoms with Crippen molar-refractivity contribution in [3.8, 4) is 0 Å². The number of anilines is 1. The normalized spacial score (nSPS) is 21.9. The maximum absolute atomic E-state index is 12.0. The highest BCUT2D eigenvalue weighted by molar-refractivity contribution is 7.89. The molecule has 112 valence electrons. The van der Waals surface area contributed by atoms with Crippen molar-refractivity contribution in [2.75, 3.05) is 12.4 Å². The van der Waals surface area contributed by atoms with Crippen molar-refractivity contribution in [2.45, 2.75) is 51.0 Å². The van der Waals surface area contributed by atoms with Crippen LogP contribution in [-0.4, -0.2) is 21.5 Å². The first-order chi connectivity index (χ1) is 9.26. The second kappa shape index (κ2) is 5.37. The molecule has 1 aromatic carbocycles. The fraction of sp³-hybridized carbons (Fsp3) is 0.600. The standard InChI is InChI=1S/C15H24N2O2S/c1-11-7-8-12(10-13(11)20(18,19)16-4)17-14-6-5-9-15(14,2)3/h7-8,10,14,16-17H,5-6,9H2,1-4H3. The molecule has 0 aliphatic heterocycles. The van der Waals surface area contributed by atoms with Crippen molar-refractivity contribution in [2.24, 2.45) is 5.41 Å². The molecule has 20 heavy (non-hydrogen) atoms. The van der Waals surface area contributed by atoms with Gasteiger partial charge >= 0.3 is 0 Å². The van der Waals surface area contributed by atoms with Gasteiger partial charge in [-0.15, -0.1) is 0 Å². The van der Waals surface area contributed by atoms with Gasteiger partial charge in [-0.25, -0.2) is 13.1 Å². The lowest BCUT2D eigenvalue weighted by atomic mass is 9.87. The van der Waals surface area contributed by atoms with Crippen LogP contribution in [0.4, 0.5) is 5.69 Å². The van der Waals surface area contributed by atoms with Gasteiger partial charge in [-0.3, -0.25) is 0 Å². The van der Waals surface area contributed by atoms with Gasteiger partial charge in [0.15, 0.2) is 0 Å². The minimum Gasteiger partial charge on any atom is -0.382 e. The molecule has 0 amide bonds. The molecule has 0 aromatic heterocycles. The van der Waals surface area contributed by atoms with E-state index in [-0.39, 0.29) is 5.41 Å². The van der Waals surface area contributed by atoms with Crippen LogP contribution >= 0.6 is 0 Å². The summed E-state index contributed by atoms with van der Waals surface area (Å²) in [4.78, 5) is 0.348. The van der Waals surface area contributed by atoms with Crippen LogP contribution in [0.3, 0.4) is 0 Å². The second-order valence-corrected chi connectivity index (χ2v) is 8.12. The summed E-state index contributed by atoms with van der Waals surface area (Å²) in [7, 11) is -1.96. The van der Waals surface area contributed by atoms with Crippen molar-refractivity contribution >= 4 is 15.7 Å². The SMILES string of the molecule is CNS(=O)(=O)c1cc(NC2CCCC2(C)C)ccc1C. The van der Waals surface area contributed by atoms with E-state index in [9.17, 15) is 8.42 Å². The van der Waals surface area contributed by atoms with Gasteiger partial charge in [-0.05, 0) is 49.9 Å². The van der Waals surface area contributed by atoms with Crippen LogP contribution in [0.1, 0.15) is 38.7 Å². The zero-order valence-corrected chi connectivity index (χ0v) is 13.5. The van der Waals surface area contributed by atoms with E-state index in [1.54, 1.807) is 6.07 Å². The fourth-order valence-electron chi connectivity index (χ4n) is 2.88. The summed E-state index contributed by atoms with van der Waals surface area (Å²) < 4.78 is 26.4. The average molecular weight is 296 g/mol. The number of hydrogen-bond acceptors (Lipinski definition) is 3. The highest BCUT2D eigenvalue weighted by Gasteiger charge is 2.34. The van der Waals surface area contributed by atoms with Crippen LogP contribution in [0, 0.1) is 12.3 Å². The summed E-state index contributed by atoms with van der Waals surface area (Å²) in [5, 5.41) is 3.50. The molecule has 0 saturated heterocycles. The van der Waals surface area contributed by atoms with Crippen molar-refractivity contribution in [1.29, 1.82) is 0 Å². The predicted octanol–water partition coefficient (Wildman–Crippen LogP) is 2.89. The summed E-state index contributed by atoms with van der Waals surface area (Å²) >= 11 is 0.